The Morgan fingerprint density at radius 1 is 1.38 bits per heavy atom. The van der Waals surface area contributed by atoms with Crippen molar-refractivity contribution in [1.29, 1.82) is 0 Å². The molecule has 0 atom stereocenters. The molecular weight excluding hydrogens is 266 g/mol. The fraction of sp³-hybridized carbons (Fsp3) is 0.333. The Morgan fingerprint density at radius 3 is 2.86 bits per heavy atom. The molecular formula is C15H19N5O. The summed E-state index contributed by atoms with van der Waals surface area (Å²) in [4.78, 5) is 13.9. The SMILES string of the molecule is Cc1nn(C)c(N2CCc3c(N)cccc3C2)c1C(N)=O. The van der Waals surface area contributed by atoms with Crippen LogP contribution in [-0.4, -0.2) is 22.2 Å². The molecule has 2 heterocycles. The highest BCUT2D eigenvalue weighted by Crippen LogP contribution is 2.30. The van der Waals surface area contributed by atoms with E-state index in [1.165, 1.54) is 11.1 Å². The number of aryl methyl sites for hydroxylation is 2. The lowest BCUT2D eigenvalue weighted by molar-refractivity contribution is 0.1000. The van der Waals surface area contributed by atoms with Gasteiger partial charge in [0.05, 0.1) is 5.69 Å². The Morgan fingerprint density at radius 2 is 2.14 bits per heavy atom. The second kappa shape index (κ2) is 4.80. The van der Waals surface area contributed by atoms with E-state index < -0.39 is 5.91 Å². The number of primary amides is 1. The molecule has 0 aliphatic carbocycles. The number of nitrogen functional groups attached to an aromatic ring is 1. The second-order valence-electron chi connectivity index (χ2n) is 5.43. The normalized spacial score (nSPS) is 14.1. The van der Waals surface area contributed by atoms with Gasteiger partial charge in [-0.1, -0.05) is 12.1 Å². The van der Waals surface area contributed by atoms with Crippen LogP contribution in [0.1, 0.15) is 27.2 Å². The molecule has 0 spiro atoms. The highest BCUT2D eigenvalue weighted by molar-refractivity contribution is 5.99. The van der Waals surface area contributed by atoms with E-state index in [1.807, 2.05) is 19.2 Å². The van der Waals surface area contributed by atoms with Gasteiger partial charge in [-0.2, -0.15) is 5.10 Å². The number of amides is 1. The minimum Gasteiger partial charge on any atom is -0.398 e. The molecule has 0 bridgehead atoms. The zero-order chi connectivity index (χ0) is 15.1. The molecule has 1 aliphatic heterocycles. The van der Waals surface area contributed by atoms with Crippen molar-refractivity contribution in [3.8, 4) is 0 Å². The molecule has 110 valence electrons. The molecule has 1 aromatic carbocycles. The first-order chi connectivity index (χ1) is 9.99. The lowest BCUT2D eigenvalue weighted by Gasteiger charge is -2.31. The van der Waals surface area contributed by atoms with Crippen molar-refractivity contribution >= 4 is 17.4 Å². The molecule has 21 heavy (non-hydrogen) atoms. The first-order valence-electron chi connectivity index (χ1n) is 6.93. The predicted molar refractivity (Wildman–Crippen MR) is 82.1 cm³/mol. The van der Waals surface area contributed by atoms with Crippen LogP contribution >= 0.6 is 0 Å². The molecule has 6 nitrogen and oxygen atoms in total. The Hall–Kier alpha value is -2.50. The first kappa shape index (κ1) is 13.5. The number of rotatable bonds is 2. The van der Waals surface area contributed by atoms with Gasteiger partial charge in [-0.15, -0.1) is 0 Å². The lowest BCUT2D eigenvalue weighted by Crippen LogP contribution is -2.34. The number of carbonyl (C=O) groups excluding carboxylic acids is 1. The van der Waals surface area contributed by atoms with Crippen molar-refractivity contribution in [2.24, 2.45) is 12.8 Å². The number of hydrogen-bond acceptors (Lipinski definition) is 4. The van der Waals surface area contributed by atoms with Crippen LogP contribution in [0.2, 0.25) is 0 Å². The summed E-state index contributed by atoms with van der Waals surface area (Å²) in [5.41, 5.74) is 15.9. The van der Waals surface area contributed by atoms with Crippen LogP contribution < -0.4 is 16.4 Å². The summed E-state index contributed by atoms with van der Waals surface area (Å²) in [6, 6.07) is 5.96. The summed E-state index contributed by atoms with van der Waals surface area (Å²) in [5.74, 6) is 0.349. The monoisotopic (exact) mass is 285 g/mol. The largest absolute Gasteiger partial charge is 0.398 e. The van der Waals surface area contributed by atoms with Gasteiger partial charge >= 0.3 is 0 Å². The number of anilines is 2. The molecule has 0 radical (unpaired) electrons. The predicted octanol–water partition coefficient (Wildman–Crippen LogP) is 0.972. The number of hydrogen-bond donors (Lipinski definition) is 2. The maximum Gasteiger partial charge on any atom is 0.254 e. The molecule has 1 aromatic heterocycles. The highest BCUT2D eigenvalue weighted by atomic mass is 16.1. The van der Waals surface area contributed by atoms with Crippen LogP contribution in [0.4, 0.5) is 11.5 Å². The van der Waals surface area contributed by atoms with Gasteiger partial charge in [-0.25, -0.2) is 0 Å². The summed E-state index contributed by atoms with van der Waals surface area (Å²) in [5, 5.41) is 4.33. The molecule has 1 aliphatic rings. The van der Waals surface area contributed by atoms with Crippen LogP contribution in [0.3, 0.4) is 0 Å². The van der Waals surface area contributed by atoms with Crippen LogP contribution in [0, 0.1) is 6.92 Å². The fourth-order valence-corrected chi connectivity index (χ4v) is 3.12. The molecule has 0 saturated heterocycles. The second-order valence-corrected chi connectivity index (χ2v) is 5.43. The summed E-state index contributed by atoms with van der Waals surface area (Å²) in [6.07, 6.45) is 0.852. The van der Waals surface area contributed by atoms with Gasteiger partial charge < -0.3 is 16.4 Å². The highest BCUT2D eigenvalue weighted by Gasteiger charge is 2.26. The number of aromatic nitrogens is 2. The minimum absolute atomic E-state index is 0.436. The van der Waals surface area contributed by atoms with Gasteiger partial charge in [0.2, 0.25) is 0 Å². The number of carbonyl (C=O) groups is 1. The smallest absolute Gasteiger partial charge is 0.254 e. The molecule has 0 fully saturated rings. The topological polar surface area (TPSA) is 90.2 Å². The quantitative estimate of drug-likeness (QED) is 0.805. The third kappa shape index (κ3) is 2.12. The van der Waals surface area contributed by atoms with Gasteiger partial charge in [-0.3, -0.25) is 9.48 Å². The summed E-state index contributed by atoms with van der Waals surface area (Å²) in [7, 11) is 1.84. The lowest BCUT2D eigenvalue weighted by atomic mass is 9.97. The minimum atomic E-state index is -0.436. The van der Waals surface area contributed by atoms with Gasteiger partial charge in [0.25, 0.3) is 5.91 Å². The van der Waals surface area contributed by atoms with E-state index >= 15 is 0 Å². The van der Waals surface area contributed by atoms with Crippen LogP contribution in [-0.2, 0) is 20.0 Å². The third-order valence-corrected chi connectivity index (χ3v) is 4.04. The van der Waals surface area contributed by atoms with Crippen molar-refractivity contribution in [1.82, 2.24) is 9.78 Å². The zero-order valence-electron chi connectivity index (χ0n) is 12.3. The number of nitrogens with zero attached hydrogens (tertiary/aromatic N) is 3. The van der Waals surface area contributed by atoms with Crippen LogP contribution in [0.5, 0.6) is 0 Å². The average Bonchev–Trinajstić information content (AvgIpc) is 2.73. The van der Waals surface area contributed by atoms with E-state index in [-0.39, 0.29) is 0 Å². The van der Waals surface area contributed by atoms with Gasteiger partial charge in [0, 0.05) is 25.8 Å². The Labute approximate surface area is 123 Å². The number of nitrogens with two attached hydrogens (primary N) is 2. The van der Waals surface area contributed by atoms with Gasteiger partial charge in [-0.05, 0) is 30.5 Å². The summed E-state index contributed by atoms with van der Waals surface area (Å²) < 4.78 is 1.73. The molecule has 4 N–H and O–H groups in total. The van der Waals surface area contributed by atoms with E-state index in [0.29, 0.717) is 17.8 Å². The molecule has 1 amide bonds. The van der Waals surface area contributed by atoms with Crippen molar-refractivity contribution in [3.63, 3.8) is 0 Å². The van der Waals surface area contributed by atoms with E-state index in [4.69, 9.17) is 11.5 Å². The number of fused-ring (bicyclic) bond motifs is 1. The Kier molecular flexibility index (Phi) is 3.08. The van der Waals surface area contributed by atoms with E-state index in [2.05, 4.69) is 16.1 Å². The van der Waals surface area contributed by atoms with Gasteiger partial charge in [0.15, 0.2) is 0 Å². The zero-order valence-corrected chi connectivity index (χ0v) is 12.3. The molecule has 3 rings (SSSR count). The number of benzene rings is 1. The Balaban J connectivity index is 2.03. The maximum atomic E-state index is 11.7. The first-order valence-corrected chi connectivity index (χ1v) is 6.93. The Bertz CT molecular complexity index is 719. The van der Waals surface area contributed by atoms with Crippen molar-refractivity contribution in [2.75, 3.05) is 17.2 Å². The third-order valence-electron chi connectivity index (χ3n) is 4.04. The molecule has 6 heteroatoms. The summed E-state index contributed by atoms with van der Waals surface area (Å²) in [6.45, 7) is 3.31. The average molecular weight is 285 g/mol. The van der Waals surface area contributed by atoms with E-state index in [9.17, 15) is 4.79 Å². The van der Waals surface area contributed by atoms with E-state index in [0.717, 1.165) is 24.5 Å². The van der Waals surface area contributed by atoms with Crippen molar-refractivity contribution in [2.45, 2.75) is 19.9 Å². The van der Waals surface area contributed by atoms with Crippen molar-refractivity contribution < 1.29 is 4.79 Å². The van der Waals surface area contributed by atoms with E-state index in [1.54, 1.807) is 11.6 Å². The summed E-state index contributed by atoms with van der Waals surface area (Å²) >= 11 is 0. The van der Waals surface area contributed by atoms with Crippen molar-refractivity contribution in [3.05, 3.63) is 40.6 Å². The van der Waals surface area contributed by atoms with Crippen LogP contribution in [0.15, 0.2) is 18.2 Å². The maximum absolute atomic E-state index is 11.7. The standard InChI is InChI=1S/C15H19N5O/c1-9-13(14(17)21)15(19(2)18-9)20-7-6-11-10(8-20)4-3-5-12(11)16/h3-5H,6-8,16H2,1-2H3,(H2,17,21). The fourth-order valence-electron chi connectivity index (χ4n) is 3.12. The molecule has 0 unspecified atom stereocenters. The van der Waals surface area contributed by atoms with Gasteiger partial charge in [0.1, 0.15) is 11.4 Å². The molecule has 2 aromatic rings. The molecule has 0 saturated carbocycles. The van der Waals surface area contributed by atoms with Crippen LogP contribution in [0.25, 0.3) is 0 Å².